The molecule has 2 saturated heterocycles. The number of halogens is 1. The first-order valence-electron chi connectivity index (χ1n) is 11.2. The van der Waals surface area contributed by atoms with Gasteiger partial charge in [-0.15, -0.1) is 0 Å². The molecule has 1 aromatic rings. The number of amides is 1. The van der Waals surface area contributed by atoms with Crippen molar-refractivity contribution in [1.82, 2.24) is 20.4 Å². The average molecular weight is 405 g/mol. The number of carbonyl (C=O) groups is 1. The van der Waals surface area contributed by atoms with Crippen molar-refractivity contribution in [1.29, 1.82) is 0 Å². The third kappa shape index (κ3) is 6.00. The lowest BCUT2D eigenvalue weighted by atomic mass is 10.0. The van der Waals surface area contributed by atoms with Crippen LogP contribution >= 0.6 is 0 Å². The molecule has 0 unspecified atom stereocenters. The summed E-state index contributed by atoms with van der Waals surface area (Å²) in [6.45, 7) is 11.4. The van der Waals surface area contributed by atoms with Gasteiger partial charge in [0.1, 0.15) is 5.82 Å². The lowest BCUT2D eigenvalue weighted by molar-refractivity contribution is -0.126. The van der Waals surface area contributed by atoms with Crippen LogP contribution in [0.4, 0.5) is 4.39 Å². The third-order valence-electron chi connectivity index (χ3n) is 6.46. The highest BCUT2D eigenvalue weighted by Crippen LogP contribution is 2.23. The highest BCUT2D eigenvalue weighted by molar-refractivity contribution is 5.82. The quantitative estimate of drug-likeness (QED) is 0.699. The smallest absolute Gasteiger partial charge is 0.237 e. The van der Waals surface area contributed by atoms with E-state index in [2.05, 4.69) is 41.2 Å². The first-order chi connectivity index (χ1) is 14.0. The van der Waals surface area contributed by atoms with E-state index in [0.29, 0.717) is 36.7 Å². The Bertz CT molecular complexity index is 660. The van der Waals surface area contributed by atoms with Gasteiger partial charge in [-0.1, -0.05) is 25.1 Å². The van der Waals surface area contributed by atoms with Crippen molar-refractivity contribution in [2.24, 2.45) is 0 Å². The van der Waals surface area contributed by atoms with E-state index < -0.39 is 0 Å². The largest absolute Gasteiger partial charge is 0.354 e. The van der Waals surface area contributed by atoms with Crippen LogP contribution in [0, 0.1) is 5.82 Å². The molecule has 6 heteroatoms. The summed E-state index contributed by atoms with van der Waals surface area (Å²) in [6.07, 6.45) is 3.74. The molecule has 3 rings (SSSR count). The van der Waals surface area contributed by atoms with Gasteiger partial charge in [-0.05, 0) is 70.8 Å². The molecular formula is C23H37FN4O. The summed E-state index contributed by atoms with van der Waals surface area (Å²) in [5, 5.41) is 6.86. The Kier molecular flexibility index (Phi) is 8.04. The Morgan fingerprint density at radius 3 is 2.59 bits per heavy atom. The number of hydrogen-bond donors (Lipinski definition) is 2. The van der Waals surface area contributed by atoms with Gasteiger partial charge < -0.3 is 15.5 Å². The summed E-state index contributed by atoms with van der Waals surface area (Å²) in [5.74, 6) is -0.134. The Morgan fingerprint density at radius 1 is 1.21 bits per heavy atom. The van der Waals surface area contributed by atoms with E-state index in [-0.39, 0.29) is 17.8 Å². The molecule has 2 fully saturated rings. The average Bonchev–Trinajstić information content (AvgIpc) is 3.14. The van der Waals surface area contributed by atoms with Crippen molar-refractivity contribution in [2.75, 3.05) is 32.7 Å². The topological polar surface area (TPSA) is 47.6 Å². The van der Waals surface area contributed by atoms with E-state index in [0.717, 1.165) is 32.6 Å². The predicted molar refractivity (Wildman–Crippen MR) is 115 cm³/mol. The Labute approximate surface area is 175 Å². The fourth-order valence-electron chi connectivity index (χ4n) is 4.70. The van der Waals surface area contributed by atoms with Crippen LogP contribution in [-0.4, -0.2) is 72.6 Å². The number of rotatable bonds is 8. The highest BCUT2D eigenvalue weighted by atomic mass is 19.1. The van der Waals surface area contributed by atoms with Crippen LogP contribution in [0.2, 0.25) is 0 Å². The minimum Gasteiger partial charge on any atom is -0.354 e. The van der Waals surface area contributed by atoms with Crippen molar-refractivity contribution < 1.29 is 9.18 Å². The van der Waals surface area contributed by atoms with E-state index in [4.69, 9.17) is 0 Å². The summed E-state index contributed by atoms with van der Waals surface area (Å²) in [5.41, 5.74) is 0.651. The zero-order valence-corrected chi connectivity index (χ0v) is 18.2. The molecule has 0 radical (unpaired) electrons. The normalized spacial score (nSPS) is 24.3. The number of piperidine rings is 1. The number of benzene rings is 1. The van der Waals surface area contributed by atoms with Crippen molar-refractivity contribution in [3.63, 3.8) is 0 Å². The molecule has 0 aromatic heterocycles. The maximum atomic E-state index is 13.8. The first kappa shape index (κ1) is 22.2. The fourth-order valence-corrected chi connectivity index (χ4v) is 4.70. The predicted octanol–water partition coefficient (Wildman–Crippen LogP) is 2.41. The van der Waals surface area contributed by atoms with E-state index in [9.17, 15) is 9.18 Å². The minimum absolute atomic E-state index is 0.0696. The lowest BCUT2D eigenvalue weighted by Gasteiger charge is -2.33. The molecular weight excluding hydrogens is 367 g/mol. The van der Waals surface area contributed by atoms with Crippen molar-refractivity contribution in [3.05, 3.63) is 35.6 Å². The second-order valence-corrected chi connectivity index (χ2v) is 8.75. The van der Waals surface area contributed by atoms with E-state index in [1.54, 1.807) is 12.1 Å². The molecule has 0 aliphatic carbocycles. The molecule has 1 aromatic carbocycles. The Balaban J connectivity index is 1.49. The molecule has 0 spiro atoms. The van der Waals surface area contributed by atoms with Gasteiger partial charge in [-0.25, -0.2) is 4.39 Å². The molecule has 1 amide bonds. The van der Waals surface area contributed by atoms with Crippen LogP contribution < -0.4 is 10.6 Å². The van der Waals surface area contributed by atoms with E-state index in [1.807, 2.05) is 6.07 Å². The fraction of sp³-hybridized carbons (Fsp3) is 0.696. The van der Waals surface area contributed by atoms with Crippen LogP contribution in [0.15, 0.2) is 24.3 Å². The minimum atomic E-state index is -0.204. The highest BCUT2D eigenvalue weighted by Gasteiger charge is 2.38. The van der Waals surface area contributed by atoms with E-state index >= 15 is 0 Å². The third-order valence-corrected chi connectivity index (χ3v) is 6.46. The second kappa shape index (κ2) is 10.5. The van der Waals surface area contributed by atoms with Crippen LogP contribution in [0.25, 0.3) is 0 Å². The zero-order valence-electron chi connectivity index (χ0n) is 18.2. The van der Waals surface area contributed by atoms with Crippen molar-refractivity contribution >= 4 is 5.91 Å². The molecule has 162 valence electrons. The summed E-state index contributed by atoms with van der Waals surface area (Å²) < 4.78 is 13.8. The van der Waals surface area contributed by atoms with Gasteiger partial charge in [0.2, 0.25) is 5.91 Å². The second-order valence-electron chi connectivity index (χ2n) is 8.75. The summed E-state index contributed by atoms with van der Waals surface area (Å²) in [6, 6.07) is 7.90. The Hall–Kier alpha value is -1.50. The maximum absolute atomic E-state index is 13.8. The van der Waals surface area contributed by atoms with Gasteiger partial charge in [0.15, 0.2) is 0 Å². The molecule has 2 atom stereocenters. The molecule has 0 bridgehead atoms. The van der Waals surface area contributed by atoms with Crippen LogP contribution in [0.5, 0.6) is 0 Å². The SMILES string of the molecule is CCN1CCC(N[C@@H]2C[C@@H](C(=O)NCCc3ccccc3F)N(C(C)C)C2)CC1. The molecule has 2 heterocycles. The Morgan fingerprint density at radius 2 is 1.93 bits per heavy atom. The number of likely N-dealkylation sites (tertiary alicyclic amines) is 2. The van der Waals surface area contributed by atoms with Crippen LogP contribution in [-0.2, 0) is 11.2 Å². The molecule has 0 saturated carbocycles. The molecule has 29 heavy (non-hydrogen) atoms. The summed E-state index contributed by atoms with van der Waals surface area (Å²) in [4.78, 5) is 17.7. The van der Waals surface area contributed by atoms with Gasteiger partial charge in [0, 0.05) is 31.2 Å². The van der Waals surface area contributed by atoms with Gasteiger partial charge in [0.05, 0.1) is 6.04 Å². The lowest BCUT2D eigenvalue weighted by Crippen LogP contribution is -2.47. The van der Waals surface area contributed by atoms with Gasteiger partial charge in [0.25, 0.3) is 0 Å². The summed E-state index contributed by atoms with van der Waals surface area (Å²) in [7, 11) is 0. The molecule has 2 N–H and O–H groups in total. The molecule has 5 nitrogen and oxygen atoms in total. The number of carbonyl (C=O) groups excluding carboxylic acids is 1. The van der Waals surface area contributed by atoms with Crippen molar-refractivity contribution in [2.45, 2.75) is 70.6 Å². The zero-order chi connectivity index (χ0) is 20.8. The summed E-state index contributed by atoms with van der Waals surface area (Å²) >= 11 is 0. The first-order valence-corrected chi connectivity index (χ1v) is 11.2. The monoisotopic (exact) mass is 404 g/mol. The van der Waals surface area contributed by atoms with Gasteiger partial charge >= 0.3 is 0 Å². The van der Waals surface area contributed by atoms with Crippen LogP contribution in [0.1, 0.15) is 45.6 Å². The van der Waals surface area contributed by atoms with Gasteiger partial charge in [-0.3, -0.25) is 9.69 Å². The molecule has 2 aliphatic rings. The maximum Gasteiger partial charge on any atom is 0.237 e. The number of nitrogens with zero attached hydrogens (tertiary/aromatic N) is 2. The number of hydrogen-bond acceptors (Lipinski definition) is 4. The molecule has 2 aliphatic heterocycles. The van der Waals surface area contributed by atoms with Gasteiger partial charge in [-0.2, -0.15) is 0 Å². The standard InChI is InChI=1S/C23H37FN4O/c1-4-27-13-10-19(11-14-27)26-20-15-22(28(16-20)17(2)3)23(29)25-12-9-18-7-5-6-8-21(18)24/h5-8,17,19-20,22,26H,4,9-16H2,1-3H3,(H,25,29)/t20-,22+/m1/s1. The number of nitrogens with one attached hydrogen (secondary N) is 2. The van der Waals surface area contributed by atoms with E-state index in [1.165, 1.54) is 18.9 Å². The van der Waals surface area contributed by atoms with Crippen LogP contribution in [0.3, 0.4) is 0 Å². The van der Waals surface area contributed by atoms with Crippen molar-refractivity contribution in [3.8, 4) is 0 Å².